The monoisotopic (exact) mass is 440 g/mol. The minimum Gasteiger partial charge on any atom is -0.408 e. The van der Waals surface area contributed by atoms with Crippen molar-refractivity contribution < 1.29 is 9.21 Å². The Bertz CT molecular complexity index is 1310. The summed E-state index contributed by atoms with van der Waals surface area (Å²) in [7, 11) is 0. The van der Waals surface area contributed by atoms with Crippen molar-refractivity contribution in [2.24, 2.45) is 5.92 Å². The first-order chi connectivity index (χ1) is 16.1. The third-order valence-electron chi connectivity index (χ3n) is 6.64. The van der Waals surface area contributed by atoms with Gasteiger partial charge in [0, 0.05) is 18.7 Å². The first-order valence-corrected chi connectivity index (χ1v) is 11.6. The zero-order valence-corrected chi connectivity index (χ0v) is 18.9. The molecule has 1 saturated heterocycles. The van der Waals surface area contributed by atoms with E-state index >= 15 is 0 Å². The fourth-order valence-electron chi connectivity index (χ4n) is 4.69. The molecule has 1 aliphatic rings. The van der Waals surface area contributed by atoms with Crippen LogP contribution in [-0.4, -0.2) is 28.5 Å². The molecular formula is C28H28N2O3. The van der Waals surface area contributed by atoms with Crippen molar-refractivity contribution in [1.82, 2.24) is 9.47 Å². The van der Waals surface area contributed by atoms with Crippen LogP contribution in [0.5, 0.6) is 0 Å². The van der Waals surface area contributed by atoms with Crippen molar-refractivity contribution in [2.75, 3.05) is 13.1 Å². The van der Waals surface area contributed by atoms with Crippen molar-refractivity contribution in [2.45, 2.75) is 32.7 Å². The number of benzene rings is 3. The Balaban J connectivity index is 1.31. The summed E-state index contributed by atoms with van der Waals surface area (Å²) in [5, 5.41) is 0. The van der Waals surface area contributed by atoms with E-state index in [1.807, 2.05) is 42.2 Å². The molecule has 2 heterocycles. The molecule has 0 atom stereocenters. The molecule has 0 N–H and O–H groups in total. The maximum atomic E-state index is 13.2. The summed E-state index contributed by atoms with van der Waals surface area (Å²) in [5.74, 6) is 0.218. The number of hydrogen-bond donors (Lipinski definition) is 0. The molecule has 168 valence electrons. The molecule has 1 aliphatic heterocycles. The van der Waals surface area contributed by atoms with Gasteiger partial charge in [-0.05, 0) is 61.4 Å². The minimum absolute atomic E-state index is 0.0191. The first-order valence-electron chi connectivity index (χ1n) is 11.6. The van der Waals surface area contributed by atoms with Crippen molar-refractivity contribution in [1.29, 1.82) is 0 Å². The van der Waals surface area contributed by atoms with Crippen molar-refractivity contribution in [3.05, 3.63) is 106 Å². The zero-order chi connectivity index (χ0) is 22.8. The molecule has 0 saturated carbocycles. The summed E-state index contributed by atoms with van der Waals surface area (Å²) in [6, 6.07) is 23.9. The quantitative estimate of drug-likeness (QED) is 0.437. The normalized spacial score (nSPS) is 14.6. The number of rotatable bonds is 5. The molecule has 5 nitrogen and oxygen atoms in total. The smallest absolute Gasteiger partial charge is 0.408 e. The van der Waals surface area contributed by atoms with Gasteiger partial charge >= 0.3 is 5.76 Å². The van der Waals surface area contributed by atoms with Gasteiger partial charge in [-0.15, -0.1) is 0 Å². The number of amides is 1. The van der Waals surface area contributed by atoms with Gasteiger partial charge < -0.3 is 9.32 Å². The largest absolute Gasteiger partial charge is 0.420 e. The van der Waals surface area contributed by atoms with Crippen LogP contribution in [0.2, 0.25) is 0 Å². The van der Waals surface area contributed by atoms with Crippen LogP contribution < -0.4 is 5.76 Å². The third-order valence-corrected chi connectivity index (χ3v) is 6.64. The van der Waals surface area contributed by atoms with Crippen LogP contribution in [-0.2, 0) is 13.0 Å². The first kappa shape index (κ1) is 21.3. The van der Waals surface area contributed by atoms with Crippen molar-refractivity contribution in [3.63, 3.8) is 0 Å². The number of carbonyl (C=O) groups excluding carboxylic acids is 1. The zero-order valence-electron chi connectivity index (χ0n) is 18.9. The number of carbonyl (C=O) groups is 1. The Morgan fingerprint density at radius 1 is 0.939 bits per heavy atom. The van der Waals surface area contributed by atoms with Gasteiger partial charge in [-0.1, -0.05) is 60.2 Å². The standard InChI is InChI=1S/C28H28N2O3/c1-20-7-9-23(10-8-20)19-30-25-18-24(11-12-26(25)33-28(30)32)27(31)29-15-13-22(14-16-29)17-21-5-3-2-4-6-21/h2-12,18,22H,13-17,19H2,1H3. The van der Waals surface area contributed by atoms with Crippen LogP contribution in [0, 0.1) is 12.8 Å². The van der Waals surface area contributed by atoms with E-state index < -0.39 is 5.76 Å². The molecule has 0 aliphatic carbocycles. The van der Waals surface area contributed by atoms with Crippen LogP contribution in [0.25, 0.3) is 11.1 Å². The molecule has 0 bridgehead atoms. The molecule has 5 heteroatoms. The molecule has 1 fully saturated rings. The highest BCUT2D eigenvalue weighted by atomic mass is 16.4. The maximum Gasteiger partial charge on any atom is 0.420 e. The highest BCUT2D eigenvalue weighted by molar-refractivity contribution is 5.97. The number of nitrogens with zero attached hydrogens (tertiary/aromatic N) is 2. The summed E-state index contributed by atoms with van der Waals surface area (Å²) in [6.45, 7) is 3.96. The summed E-state index contributed by atoms with van der Waals surface area (Å²) < 4.78 is 7.03. The van der Waals surface area contributed by atoms with Gasteiger partial charge in [0.2, 0.25) is 0 Å². The highest BCUT2D eigenvalue weighted by Crippen LogP contribution is 2.24. The van der Waals surface area contributed by atoms with Crippen molar-refractivity contribution in [3.8, 4) is 0 Å². The van der Waals surface area contributed by atoms with Crippen LogP contribution in [0.3, 0.4) is 0 Å². The summed E-state index contributed by atoms with van der Waals surface area (Å²) in [4.78, 5) is 27.6. The Labute approximate surface area is 193 Å². The number of aromatic nitrogens is 1. The number of piperidine rings is 1. The Morgan fingerprint density at radius 3 is 2.39 bits per heavy atom. The number of aryl methyl sites for hydroxylation is 1. The fourth-order valence-corrected chi connectivity index (χ4v) is 4.69. The number of hydrogen-bond acceptors (Lipinski definition) is 3. The second-order valence-corrected chi connectivity index (χ2v) is 9.05. The lowest BCUT2D eigenvalue weighted by atomic mass is 9.90. The second-order valence-electron chi connectivity index (χ2n) is 9.05. The predicted octanol–water partition coefficient (Wildman–Crippen LogP) is 5.05. The van der Waals surface area contributed by atoms with E-state index in [0.717, 1.165) is 37.9 Å². The van der Waals surface area contributed by atoms with Crippen LogP contribution >= 0.6 is 0 Å². The predicted molar refractivity (Wildman–Crippen MR) is 130 cm³/mol. The van der Waals surface area contributed by atoms with Crippen LogP contribution in [0.15, 0.2) is 82.0 Å². The fraction of sp³-hybridized carbons (Fsp3) is 0.286. The van der Waals surface area contributed by atoms with Gasteiger partial charge in [-0.25, -0.2) is 4.79 Å². The summed E-state index contributed by atoms with van der Waals surface area (Å²) in [6.07, 6.45) is 3.08. The molecule has 1 amide bonds. The lowest BCUT2D eigenvalue weighted by Crippen LogP contribution is -2.38. The molecule has 0 spiro atoms. The second kappa shape index (κ2) is 9.10. The van der Waals surface area contributed by atoms with E-state index in [4.69, 9.17) is 4.42 Å². The Morgan fingerprint density at radius 2 is 1.67 bits per heavy atom. The minimum atomic E-state index is -0.406. The van der Waals surface area contributed by atoms with Crippen LogP contribution in [0.1, 0.15) is 39.9 Å². The number of fused-ring (bicyclic) bond motifs is 1. The molecule has 4 aromatic rings. The van der Waals surface area contributed by atoms with Gasteiger partial charge in [-0.3, -0.25) is 9.36 Å². The average Bonchev–Trinajstić information content (AvgIpc) is 3.15. The van der Waals surface area contributed by atoms with Gasteiger partial charge in [-0.2, -0.15) is 0 Å². The highest BCUT2D eigenvalue weighted by Gasteiger charge is 2.24. The average molecular weight is 441 g/mol. The van der Waals surface area contributed by atoms with E-state index in [2.05, 4.69) is 24.3 Å². The topological polar surface area (TPSA) is 55.5 Å². The lowest BCUT2D eigenvalue weighted by Gasteiger charge is -2.32. The Hall–Kier alpha value is -3.60. The number of oxazole rings is 1. The SMILES string of the molecule is Cc1ccc(Cn2c(=O)oc3ccc(C(=O)N4CCC(Cc5ccccc5)CC4)cc32)cc1. The Kier molecular flexibility index (Phi) is 5.86. The molecule has 1 aromatic heterocycles. The molecule has 5 rings (SSSR count). The van der Waals surface area contributed by atoms with E-state index in [-0.39, 0.29) is 5.91 Å². The van der Waals surface area contributed by atoms with E-state index in [9.17, 15) is 9.59 Å². The molecule has 0 radical (unpaired) electrons. The van der Waals surface area contributed by atoms with Gasteiger partial charge in [0.15, 0.2) is 5.58 Å². The molecule has 3 aromatic carbocycles. The van der Waals surface area contributed by atoms with Crippen molar-refractivity contribution >= 4 is 17.0 Å². The third kappa shape index (κ3) is 4.63. The van der Waals surface area contributed by atoms with Gasteiger partial charge in [0.05, 0.1) is 12.1 Å². The lowest BCUT2D eigenvalue weighted by molar-refractivity contribution is 0.0690. The van der Waals surface area contributed by atoms with E-state index in [1.54, 1.807) is 22.8 Å². The molecular weight excluding hydrogens is 412 g/mol. The van der Waals surface area contributed by atoms with Gasteiger partial charge in [0.25, 0.3) is 5.91 Å². The summed E-state index contributed by atoms with van der Waals surface area (Å²) >= 11 is 0. The van der Waals surface area contributed by atoms with E-state index in [0.29, 0.717) is 29.1 Å². The van der Waals surface area contributed by atoms with Crippen LogP contribution in [0.4, 0.5) is 0 Å². The molecule has 0 unspecified atom stereocenters. The van der Waals surface area contributed by atoms with Gasteiger partial charge in [0.1, 0.15) is 0 Å². The number of likely N-dealkylation sites (tertiary alicyclic amines) is 1. The summed E-state index contributed by atoms with van der Waals surface area (Å²) in [5.41, 5.74) is 5.31. The van der Waals surface area contributed by atoms with E-state index in [1.165, 1.54) is 11.1 Å². The molecule has 33 heavy (non-hydrogen) atoms. The maximum absolute atomic E-state index is 13.2.